The second-order valence-corrected chi connectivity index (χ2v) is 7.09. The van der Waals surface area contributed by atoms with Crippen LogP contribution >= 0.6 is 15.9 Å². The number of benzene rings is 1. The molecule has 0 spiro atoms. The number of hydrogen-bond acceptors (Lipinski definition) is 3. The van der Waals surface area contributed by atoms with E-state index in [1.807, 2.05) is 6.92 Å². The summed E-state index contributed by atoms with van der Waals surface area (Å²) in [6, 6.07) is 2.95. The Labute approximate surface area is 128 Å². The second kappa shape index (κ2) is 6.69. The highest BCUT2D eigenvalue weighted by molar-refractivity contribution is 9.10. The van der Waals surface area contributed by atoms with Crippen LogP contribution in [0, 0.1) is 6.92 Å². The lowest BCUT2D eigenvalue weighted by Crippen LogP contribution is -2.28. The quantitative estimate of drug-likeness (QED) is 0.872. The fourth-order valence-electron chi connectivity index (χ4n) is 1.79. The van der Waals surface area contributed by atoms with E-state index in [2.05, 4.69) is 15.9 Å². The molecule has 0 aliphatic heterocycles. The smallest absolute Gasteiger partial charge is 0.253 e. The number of primary sulfonamides is 1. The molecule has 2 N–H and O–H groups in total. The van der Waals surface area contributed by atoms with Crippen LogP contribution in [-0.2, 0) is 10.0 Å². The fraction of sp³-hybridized carbons (Fsp3) is 0.462. The van der Waals surface area contributed by atoms with Gasteiger partial charge >= 0.3 is 0 Å². The van der Waals surface area contributed by atoms with Crippen molar-refractivity contribution in [3.63, 3.8) is 0 Å². The monoisotopic (exact) mass is 362 g/mol. The second-order valence-electron chi connectivity index (χ2n) is 4.71. The standard InChI is InChI=1S/C13H19BrN2O3S/c1-4-5-6-16(3)13(17)10-7-11(14)9(2)12(8-10)20(15,18)19/h7-8H,4-6H2,1-3H3,(H2,15,18,19). The summed E-state index contributed by atoms with van der Waals surface area (Å²) in [5.74, 6) is -0.218. The molecule has 0 fully saturated rings. The summed E-state index contributed by atoms with van der Waals surface area (Å²) in [6.07, 6.45) is 1.88. The highest BCUT2D eigenvalue weighted by atomic mass is 79.9. The summed E-state index contributed by atoms with van der Waals surface area (Å²) >= 11 is 3.27. The molecule has 0 bridgehead atoms. The Balaban J connectivity index is 3.21. The number of rotatable bonds is 5. The molecule has 7 heteroatoms. The van der Waals surface area contributed by atoms with Crippen LogP contribution < -0.4 is 5.14 Å². The molecule has 0 unspecified atom stereocenters. The van der Waals surface area contributed by atoms with Crippen LogP contribution in [0.3, 0.4) is 0 Å². The first-order valence-corrected chi connectivity index (χ1v) is 8.60. The molecule has 0 radical (unpaired) electrons. The van der Waals surface area contributed by atoms with Crippen LogP contribution in [0.2, 0.25) is 0 Å². The van der Waals surface area contributed by atoms with Gasteiger partial charge in [-0.25, -0.2) is 13.6 Å². The first-order chi connectivity index (χ1) is 9.18. The van der Waals surface area contributed by atoms with Gasteiger partial charge in [0.1, 0.15) is 0 Å². The van der Waals surface area contributed by atoms with E-state index < -0.39 is 10.0 Å². The molecule has 0 aliphatic carbocycles. The van der Waals surface area contributed by atoms with Crippen molar-refractivity contribution in [2.24, 2.45) is 5.14 Å². The first kappa shape index (κ1) is 17.1. The SMILES string of the molecule is CCCCN(C)C(=O)c1cc(Br)c(C)c(S(N)(=O)=O)c1. The minimum Gasteiger partial charge on any atom is -0.342 e. The minimum absolute atomic E-state index is 0.0286. The zero-order valence-electron chi connectivity index (χ0n) is 11.8. The lowest BCUT2D eigenvalue weighted by atomic mass is 10.1. The van der Waals surface area contributed by atoms with Gasteiger partial charge < -0.3 is 4.90 Å². The van der Waals surface area contributed by atoms with E-state index in [9.17, 15) is 13.2 Å². The van der Waals surface area contributed by atoms with Crippen molar-refractivity contribution >= 4 is 31.9 Å². The molecule has 0 saturated carbocycles. The van der Waals surface area contributed by atoms with Crippen LogP contribution in [-0.4, -0.2) is 32.8 Å². The maximum absolute atomic E-state index is 12.3. The lowest BCUT2D eigenvalue weighted by molar-refractivity contribution is 0.0793. The maximum Gasteiger partial charge on any atom is 0.253 e. The molecular formula is C13H19BrN2O3S. The summed E-state index contributed by atoms with van der Waals surface area (Å²) in [4.78, 5) is 13.8. The number of halogens is 1. The Morgan fingerprint density at radius 1 is 1.40 bits per heavy atom. The van der Waals surface area contributed by atoms with Crippen molar-refractivity contribution in [2.45, 2.75) is 31.6 Å². The van der Waals surface area contributed by atoms with E-state index in [-0.39, 0.29) is 10.8 Å². The molecule has 0 atom stereocenters. The average Bonchev–Trinajstić information content (AvgIpc) is 2.36. The summed E-state index contributed by atoms with van der Waals surface area (Å²) in [7, 11) is -2.16. The molecule has 1 aromatic rings. The molecule has 1 rings (SSSR count). The van der Waals surface area contributed by atoms with E-state index in [4.69, 9.17) is 5.14 Å². The number of carbonyl (C=O) groups is 1. The summed E-state index contributed by atoms with van der Waals surface area (Å²) in [6.45, 7) is 4.31. The van der Waals surface area contributed by atoms with Gasteiger partial charge in [0.2, 0.25) is 10.0 Å². The highest BCUT2D eigenvalue weighted by Gasteiger charge is 2.19. The molecular weight excluding hydrogens is 344 g/mol. The van der Waals surface area contributed by atoms with E-state index in [0.717, 1.165) is 12.8 Å². The first-order valence-electron chi connectivity index (χ1n) is 6.27. The Bertz CT molecular complexity index is 614. The van der Waals surface area contributed by atoms with Gasteiger partial charge in [-0.05, 0) is 31.0 Å². The van der Waals surface area contributed by atoms with Crippen LogP contribution in [0.4, 0.5) is 0 Å². The normalized spacial score (nSPS) is 11.4. The maximum atomic E-state index is 12.3. The highest BCUT2D eigenvalue weighted by Crippen LogP contribution is 2.25. The van der Waals surface area contributed by atoms with E-state index in [1.165, 1.54) is 6.07 Å². The minimum atomic E-state index is -3.86. The van der Waals surface area contributed by atoms with Gasteiger partial charge in [-0.15, -0.1) is 0 Å². The predicted octanol–water partition coefficient (Wildman–Crippen LogP) is 2.28. The number of hydrogen-bond donors (Lipinski definition) is 1. The zero-order valence-corrected chi connectivity index (χ0v) is 14.2. The van der Waals surface area contributed by atoms with E-state index >= 15 is 0 Å². The Morgan fingerprint density at radius 2 is 2.00 bits per heavy atom. The Kier molecular flexibility index (Phi) is 5.73. The third-order valence-electron chi connectivity index (χ3n) is 3.04. The Morgan fingerprint density at radius 3 is 2.50 bits per heavy atom. The molecule has 1 amide bonds. The van der Waals surface area contributed by atoms with Crippen LogP contribution in [0.25, 0.3) is 0 Å². The molecule has 112 valence electrons. The van der Waals surface area contributed by atoms with Crippen molar-refractivity contribution in [3.8, 4) is 0 Å². The number of nitrogens with two attached hydrogens (primary N) is 1. The fourth-order valence-corrected chi connectivity index (χ4v) is 3.21. The molecule has 0 saturated heterocycles. The number of carbonyl (C=O) groups excluding carboxylic acids is 1. The third kappa shape index (κ3) is 4.04. The Hall–Kier alpha value is -0.920. The summed E-state index contributed by atoms with van der Waals surface area (Å²) in [5, 5.41) is 5.18. The zero-order chi connectivity index (χ0) is 15.5. The molecule has 0 aromatic heterocycles. The van der Waals surface area contributed by atoms with Crippen LogP contribution in [0.1, 0.15) is 35.7 Å². The summed E-state index contributed by atoms with van der Waals surface area (Å²) < 4.78 is 23.7. The van der Waals surface area contributed by atoms with Crippen molar-refractivity contribution in [2.75, 3.05) is 13.6 Å². The largest absolute Gasteiger partial charge is 0.342 e. The van der Waals surface area contributed by atoms with Gasteiger partial charge in [-0.1, -0.05) is 29.3 Å². The van der Waals surface area contributed by atoms with Gasteiger partial charge in [0, 0.05) is 23.6 Å². The topological polar surface area (TPSA) is 80.5 Å². The predicted molar refractivity (Wildman–Crippen MR) is 82.1 cm³/mol. The van der Waals surface area contributed by atoms with Gasteiger partial charge in [0.15, 0.2) is 0 Å². The van der Waals surface area contributed by atoms with Crippen molar-refractivity contribution < 1.29 is 13.2 Å². The molecule has 1 aromatic carbocycles. The molecule has 0 aliphatic rings. The van der Waals surface area contributed by atoms with Gasteiger partial charge in [0.05, 0.1) is 4.90 Å². The van der Waals surface area contributed by atoms with E-state index in [0.29, 0.717) is 22.1 Å². The van der Waals surface area contributed by atoms with Crippen molar-refractivity contribution in [1.82, 2.24) is 4.90 Å². The number of unbranched alkanes of at least 4 members (excludes halogenated alkanes) is 1. The number of sulfonamides is 1. The summed E-state index contributed by atoms with van der Waals surface area (Å²) in [5.41, 5.74) is 0.811. The van der Waals surface area contributed by atoms with Crippen molar-refractivity contribution in [3.05, 3.63) is 27.7 Å². The third-order valence-corrected chi connectivity index (χ3v) is 4.90. The van der Waals surface area contributed by atoms with Gasteiger partial charge in [0.25, 0.3) is 5.91 Å². The average molecular weight is 363 g/mol. The number of nitrogens with zero attached hydrogens (tertiary/aromatic N) is 1. The van der Waals surface area contributed by atoms with Gasteiger partial charge in [-0.3, -0.25) is 4.79 Å². The van der Waals surface area contributed by atoms with Crippen molar-refractivity contribution in [1.29, 1.82) is 0 Å². The molecule has 0 heterocycles. The number of amides is 1. The molecule has 20 heavy (non-hydrogen) atoms. The van der Waals surface area contributed by atoms with E-state index in [1.54, 1.807) is 24.9 Å². The van der Waals surface area contributed by atoms with Crippen LogP contribution in [0.15, 0.2) is 21.5 Å². The van der Waals surface area contributed by atoms with Gasteiger partial charge in [-0.2, -0.15) is 0 Å². The molecule has 5 nitrogen and oxygen atoms in total. The lowest BCUT2D eigenvalue weighted by Gasteiger charge is -2.18. The van der Waals surface area contributed by atoms with Crippen LogP contribution in [0.5, 0.6) is 0 Å².